The maximum atomic E-state index is 13.0. The largest absolute Gasteiger partial charge is 0.484 e. The predicted octanol–water partition coefficient (Wildman–Crippen LogP) is 2.23. The summed E-state index contributed by atoms with van der Waals surface area (Å²) in [4.78, 5) is 25.1. The first-order valence-electron chi connectivity index (χ1n) is 6.98. The standard InChI is InChI=1S/C15H20ClFN2O3/c1-4-19(8-14(20)18-10(2)3)15(21)9-22-11-5-6-13(17)12(16)7-11/h5-7,10H,4,8-9H2,1-3H3,(H,18,20). The van der Waals surface area contributed by atoms with E-state index in [1.807, 2.05) is 13.8 Å². The number of benzene rings is 1. The Labute approximate surface area is 134 Å². The van der Waals surface area contributed by atoms with Crippen molar-refractivity contribution in [1.29, 1.82) is 0 Å². The van der Waals surface area contributed by atoms with Crippen LogP contribution in [0.2, 0.25) is 5.02 Å². The molecule has 5 nitrogen and oxygen atoms in total. The average molecular weight is 331 g/mol. The van der Waals surface area contributed by atoms with E-state index in [-0.39, 0.29) is 36.0 Å². The molecule has 1 N–H and O–H groups in total. The maximum Gasteiger partial charge on any atom is 0.260 e. The highest BCUT2D eigenvalue weighted by Gasteiger charge is 2.16. The van der Waals surface area contributed by atoms with Crippen LogP contribution >= 0.6 is 11.6 Å². The van der Waals surface area contributed by atoms with Crippen molar-refractivity contribution in [1.82, 2.24) is 10.2 Å². The summed E-state index contributed by atoms with van der Waals surface area (Å²) in [6.45, 7) is 5.58. The minimum absolute atomic E-state index is 0.0129. The molecule has 0 radical (unpaired) electrons. The Balaban J connectivity index is 2.54. The SMILES string of the molecule is CCN(CC(=O)NC(C)C)C(=O)COc1ccc(F)c(Cl)c1. The number of carbonyl (C=O) groups excluding carboxylic acids is 2. The fraction of sp³-hybridized carbons (Fsp3) is 0.467. The maximum absolute atomic E-state index is 13.0. The molecule has 0 spiro atoms. The first-order valence-corrected chi connectivity index (χ1v) is 7.36. The van der Waals surface area contributed by atoms with Gasteiger partial charge in [-0.15, -0.1) is 0 Å². The first kappa shape index (κ1) is 18.2. The number of rotatable bonds is 7. The predicted molar refractivity (Wildman–Crippen MR) is 82.4 cm³/mol. The van der Waals surface area contributed by atoms with Gasteiger partial charge in [0, 0.05) is 18.7 Å². The van der Waals surface area contributed by atoms with Gasteiger partial charge in [0.15, 0.2) is 6.61 Å². The van der Waals surface area contributed by atoms with Crippen LogP contribution in [0.3, 0.4) is 0 Å². The van der Waals surface area contributed by atoms with Gasteiger partial charge < -0.3 is 15.0 Å². The molecule has 0 aromatic heterocycles. The number of halogens is 2. The van der Waals surface area contributed by atoms with Crippen molar-refractivity contribution in [2.45, 2.75) is 26.8 Å². The number of hydrogen-bond donors (Lipinski definition) is 1. The lowest BCUT2D eigenvalue weighted by molar-refractivity contribution is -0.137. The molecule has 0 aliphatic heterocycles. The number of likely N-dealkylation sites (N-methyl/N-ethyl adjacent to an activating group) is 1. The minimum Gasteiger partial charge on any atom is -0.484 e. The van der Waals surface area contributed by atoms with Gasteiger partial charge in [0.25, 0.3) is 5.91 Å². The number of nitrogens with one attached hydrogen (secondary N) is 1. The molecule has 122 valence electrons. The zero-order valence-electron chi connectivity index (χ0n) is 12.9. The van der Waals surface area contributed by atoms with E-state index in [1.165, 1.54) is 17.0 Å². The zero-order chi connectivity index (χ0) is 16.7. The van der Waals surface area contributed by atoms with Crippen molar-refractivity contribution >= 4 is 23.4 Å². The molecule has 0 atom stereocenters. The summed E-state index contributed by atoms with van der Waals surface area (Å²) in [6.07, 6.45) is 0. The van der Waals surface area contributed by atoms with Crippen LogP contribution in [0.15, 0.2) is 18.2 Å². The third-order valence-corrected chi connectivity index (χ3v) is 3.06. The van der Waals surface area contributed by atoms with Gasteiger partial charge in [-0.05, 0) is 32.9 Å². The second-order valence-electron chi connectivity index (χ2n) is 4.99. The van der Waals surface area contributed by atoms with Gasteiger partial charge in [0.05, 0.1) is 11.6 Å². The summed E-state index contributed by atoms with van der Waals surface area (Å²) in [7, 11) is 0. The number of ether oxygens (including phenoxy) is 1. The van der Waals surface area contributed by atoms with E-state index in [0.717, 1.165) is 6.07 Å². The van der Waals surface area contributed by atoms with Crippen LogP contribution < -0.4 is 10.1 Å². The molecule has 0 aliphatic rings. The van der Waals surface area contributed by atoms with Crippen molar-refractivity contribution < 1.29 is 18.7 Å². The van der Waals surface area contributed by atoms with Crippen LogP contribution in [-0.4, -0.2) is 42.5 Å². The van der Waals surface area contributed by atoms with Gasteiger partial charge in [-0.3, -0.25) is 9.59 Å². The molecular formula is C15H20ClFN2O3. The molecule has 0 saturated heterocycles. The van der Waals surface area contributed by atoms with E-state index in [9.17, 15) is 14.0 Å². The van der Waals surface area contributed by atoms with Gasteiger partial charge in [0.2, 0.25) is 5.91 Å². The van der Waals surface area contributed by atoms with E-state index in [1.54, 1.807) is 6.92 Å². The van der Waals surface area contributed by atoms with E-state index in [2.05, 4.69) is 5.32 Å². The minimum atomic E-state index is -0.555. The lowest BCUT2D eigenvalue weighted by Gasteiger charge is -2.21. The van der Waals surface area contributed by atoms with Crippen LogP contribution in [0.4, 0.5) is 4.39 Å². The highest BCUT2D eigenvalue weighted by molar-refractivity contribution is 6.30. The lowest BCUT2D eigenvalue weighted by Crippen LogP contribution is -2.44. The molecule has 0 bridgehead atoms. The summed E-state index contributed by atoms with van der Waals surface area (Å²) in [5.74, 6) is -0.819. The second-order valence-corrected chi connectivity index (χ2v) is 5.40. The Morgan fingerprint density at radius 1 is 1.41 bits per heavy atom. The highest BCUT2D eigenvalue weighted by atomic mass is 35.5. The molecule has 2 amide bonds. The van der Waals surface area contributed by atoms with Gasteiger partial charge in [-0.2, -0.15) is 0 Å². The quantitative estimate of drug-likeness (QED) is 0.834. The van der Waals surface area contributed by atoms with Crippen molar-refractivity contribution in [3.8, 4) is 5.75 Å². The molecule has 1 aromatic carbocycles. The van der Waals surface area contributed by atoms with Gasteiger partial charge >= 0.3 is 0 Å². The molecule has 0 heterocycles. The van der Waals surface area contributed by atoms with Gasteiger partial charge in [-0.1, -0.05) is 11.6 Å². The van der Waals surface area contributed by atoms with Crippen LogP contribution in [0, 0.1) is 5.82 Å². The summed E-state index contributed by atoms with van der Waals surface area (Å²) < 4.78 is 18.3. The van der Waals surface area contributed by atoms with Crippen molar-refractivity contribution in [3.05, 3.63) is 29.0 Å². The van der Waals surface area contributed by atoms with Crippen molar-refractivity contribution in [3.63, 3.8) is 0 Å². The third-order valence-electron chi connectivity index (χ3n) is 2.77. The van der Waals surface area contributed by atoms with E-state index in [0.29, 0.717) is 12.3 Å². The summed E-state index contributed by atoms with van der Waals surface area (Å²) in [5.41, 5.74) is 0. The molecule has 1 aromatic rings. The topological polar surface area (TPSA) is 58.6 Å². The van der Waals surface area contributed by atoms with Crippen LogP contribution in [0.1, 0.15) is 20.8 Å². The third kappa shape index (κ3) is 5.89. The highest BCUT2D eigenvalue weighted by Crippen LogP contribution is 2.21. The van der Waals surface area contributed by atoms with Gasteiger partial charge in [0.1, 0.15) is 11.6 Å². The van der Waals surface area contributed by atoms with Crippen molar-refractivity contribution in [2.75, 3.05) is 19.7 Å². The Morgan fingerprint density at radius 2 is 2.09 bits per heavy atom. The summed E-state index contributed by atoms with van der Waals surface area (Å²) in [5, 5.41) is 2.64. The number of carbonyl (C=O) groups is 2. The van der Waals surface area contributed by atoms with Crippen LogP contribution in [0.5, 0.6) is 5.75 Å². The van der Waals surface area contributed by atoms with Crippen molar-refractivity contribution in [2.24, 2.45) is 0 Å². The fourth-order valence-electron chi connectivity index (χ4n) is 1.72. The van der Waals surface area contributed by atoms with Crippen LogP contribution in [-0.2, 0) is 9.59 Å². The molecule has 7 heteroatoms. The second kappa shape index (κ2) is 8.58. The monoisotopic (exact) mass is 330 g/mol. The molecule has 1 rings (SSSR count). The van der Waals surface area contributed by atoms with E-state index in [4.69, 9.17) is 16.3 Å². The Kier molecular flexibility index (Phi) is 7.11. The number of nitrogens with zero attached hydrogens (tertiary/aromatic N) is 1. The molecule has 22 heavy (non-hydrogen) atoms. The molecule has 0 unspecified atom stereocenters. The fourth-order valence-corrected chi connectivity index (χ4v) is 1.89. The number of amides is 2. The number of hydrogen-bond acceptors (Lipinski definition) is 3. The first-order chi connectivity index (χ1) is 10.3. The Hall–Kier alpha value is -1.82. The average Bonchev–Trinajstić information content (AvgIpc) is 2.44. The van der Waals surface area contributed by atoms with Crippen LogP contribution in [0.25, 0.3) is 0 Å². The van der Waals surface area contributed by atoms with E-state index < -0.39 is 5.82 Å². The Morgan fingerprint density at radius 3 is 2.64 bits per heavy atom. The smallest absolute Gasteiger partial charge is 0.260 e. The lowest BCUT2D eigenvalue weighted by atomic mass is 10.3. The summed E-state index contributed by atoms with van der Waals surface area (Å²) in [6, 6.07) is 3.86. The van der Waals surface area contributed by atoms with E-state index >= 15 is 0 Å². The van der Waals surface area contributed by atoms with Gasteiger partial charge in [-0.25, -0.2) is 4.39 Å². The summed E-state index contributed by atoms with van der Waals surface area (Å²) >= 11 is 5.63. The zero-order valence-corrected chi connectivity index (χ0v) is 13.6. The molecule has 0 saturated carbocycles. The molecule has 0 fully saturated rings. The molecule has 0 aliphatic carbocycles. The normalized spacial score (nSPS) is 10.5. The molecular weight excluding hydrogens is 311 g/mol. The Bertz CT molecular complexity index is 538.